The molecule has 0 saturated carbocycles. The van der Waals surface area contributed by atoms with Crippen molar-refractivity contribution in [2.45, 2.75) is 19.4 Å². The zero-order valence-corrected chi connectivity index (χ0v) is 12.2. The smallest absolute Gasteiger partial charge is 0.261 e. The van der Waals surface area contributed by atoms with E-state index in [1.54, 1.807) is 13.2 Å². The number of carbonyl (C=O) groups excluding carboxylic acids is 1. The lowest BCUT2D eigenvalue weighted by Crippen LogP contribution is -2.48. The molecule has 1 aliphatic heterocycles. The first kappa shape index (κ1) is 15.3. The minimum Gasteiger partial charge on any atom is -0.496 e. The Morgan fingerprint density at radius 2 is 2.39 bits per heavy atom. The van der Waals surface area contributed by atoms with Crippen LogP contribution in [0.3, 0.4) is 0 Å². The maximum Gasteiger partial charge on any atom is 0.261 e. The predicted octanol–water partition coefficient (Wildman–Crippen LogP) is 1.91. The highest BCUT2D eigenvalue weighted by Crippen LogP contribution is 2.21. The van der Waals surface area contributed by atoms with E-state index < -0.39 is 0 Å². The third-order valence-corrected chi connectivity index (χ3v) is 4.04. The lowest BCUT2D eigenvalue weighted by atomic mass is 9.95. The summed E-state index contributed by atoms with van der Waals surface area (Å²) in [7, 11) is 1.61. The summed E-state index contributed by atoms with van der Waals surface area (Å²) in [6, 6.07) is 2.06. The highest BCUT2D eigenvalue weighted by Gasteiger charge is 2.23. The monoisotopic (exact) mass is 290 g/mol. The van der Waals surface area contributed by atoms with Crippen LogP contribution in [0.25, 0.3) is 0 Å². The van der Waals surface area contributed by atoms with Gasteiger partial charge in [-0.05, 0) is 25.4 Å². The maximum absolute atomic E-state index is 12.0. The van der Waals surface area contributed by atoms with Gasteiger partial charge >= 0.3 is 0 Å². The molecule has 1 aromatic rings. The number of carbonyl (C=O) groups is 1. The number of methoxy groups -OCH3 is 1. The molecule has 0 bridgehead atoms. The van der Waals surface area contributed by atoms with Crippen LogP contribution in [-0.4, -0.2) is 32.1 Å². The van der Waals surface area contributed by atoms with E-state index in [1.165, 1.54) is 11.3 Å². The number of nitrogens with one attached hydrogen (secondary N) is 2. The molecule has 1 aromatic heterocycles. The zero-order chi connectivity index (χ0) is 12.3. The molecule has 0 aromatic carbocycles. The van der Waals surface area contributed by atoms with Gasteiger partial charge in [0.25, 0.3) is 5.91 Å². The molecule has 2 heterocycles. The van der Waals surface area contributed by atoms with Crippen molar-refractivity contribution in [1.29, 1.82) is 0 Å². The van der Waals surface area contributed by atoms with Gasteiger partial charge in [-0.25, -0.2) is 0 Å². The summed E-state index contributed by atoms with van der Waals surface area (Å²) in [5.41, 5.74) is 0. The molecule has 0 spiro atoms. The Kier molecular flexibility index (Phi) is 5.91. The fourth-order valence-corrected chi connectivity index (χ4v) is 2.77. The predicted molar refractivity (Wildman–Crippen MR) is 76.0 cm³/mol. The van der Waals surface area contributed by atoms with Crippen molar-refractivity contribution in [3.63, 3.8) is 0 Å². The molecular weight excluding hydrogens is 272 g/mol. The van der Waals surface area contributed by atoms with Gasteiger partial charge in [0.15, 0.2) is 0 Å². The molecule has 2 unspecified atom stereocenters. The van der Waals surface area contributed by atoms with Crippen molar-refractivity contribution in [2.75, 3.05) is 20.2 Å². The standard InChI is InChI=1S/C12H18N2O2S.ClH/c1-8-6-13-4-3-10(8)14-12(15)11-5-9(16-2)7-17-11;/h5,7-8,10,13H,3-4,6H2,1-2H3,(H,14,15);1H. The molecule has 1 aliphatic rings. The lowest BCUT2D eigenvalue weighted by molar-refractivity contribution is 0.0918. The fraction of sp³-hybridized carbons (Fsp3) is 0.583. The minimum absolute atomic E-state index is 0. The van der Waals surface area contributed by atoms with E-state index in [0.29, 0.717) is 10.8 Å². The Morgan fingerprint density at radius 3 is 3.00 bits per heavy atom. The normalized spacial score (nSPS) is 23.0. The first-order chi connectivity index (χ1) is 8.20. The number of piperidine rings is 1. The van der Waals surface area contributed by atoms with Gasteiger partial charge in [0, 0.05) is 17.5 Å². The van der Waals surface area contributed by atoms with E-state index in [2.05, 4.69) is 17.6 Å². The largest absolute Gasteiger partial charge is 0.496 e. The third-order valence-electron chi connectivity index (χ3n) is 3.14. The van der Waals surface area contributed by atoms with Gasteiger partial charge in [-0.15, -0.1) is 23.7 Å². The number of rotatable bonds is 3. The van der Waals surface area contributed by atoms with E-state index in [0.717, 1.165) is 25.3 Å². The highest BCUT2D eigenvalue weighted by molar-refractivity contribution is 7.12. The van der Waals surface area contributed by atoms with Crippen LogP contribution in [0.4, 0.5) is 0 Å². The second-order valence-corrected chi connectivity index (χ2v) is 5.31. The summed E-state index contributed by atoms with van der Waals surface area (Å²) in [5, 5.41) is 8.27. The van der Waals surface area contributed by atoms with E-state index in [-0.39, 0.29) is 24.4 Å². The SMILES string of the molecule is COc1csc(C(=O)NC2CCNCC2C)c1.Cl. The molecule has 1 fully saturated rings. The summed E-state index contributed by atoms with van der Waals surface area (Å²) in [4.78, 5) is 12.7. The second kappa shape index (κ2) is 6.97. The zero-order valence-electron chi connectivity index (χ0n) is 10.6. The molecular formula is C12H19ClN2O2S. The number of halogens is 1. The van der Waals surface area contributed by atoms with Crippen LogP contribution in [0.2, 0.25) is 0 Å². The molecule has 6 heteroatoms. The van der Waals surface area contributed by atoms with Gasteiger partial charge in [-0.1, -0.05) is 6.92 Å². The summed E-state index contributed by atoms with van der Waals surface area (Å²) in [6.07, 6.45) is 0.995. The quantitative estimate of drug-likeness (QED) is 0.894. The number of ether oxygens (including phenoxy) is 1. The molecule has 2 atom stereocenters. The molecule has 18 heavy (non-hydrogen) atoms. The van der Waals surface area contributed by atoms with Crippen LogP contribution >= 0.6 is 23.7 Å². The number of amides is 1. The molecule has 4 nitrogen and oxygen atoms in total. The van der Waals surface area contributed by atoms with Gasteiger partial charge in [-0.3, -0.25) is 4.79 Å². The molecule has 2 rings (SSSR count). The van der Waals surface area contributed by atoms with Crippen molar-refractivity contribution in [3.8, 4) is 5.75 Å². The second-order valence-electron chi connectivity index (χ2n) is 4.40. The van der Waals surface area contributed by atoms with Gasteiger partial charge in [-0.2, -0.15) is 0 Å². The van der Waals surface area contributed by atoms with Gasteiger partial charge in [0.05, 0.1) is 12.0 Å². The maximum atomic E-state index is 12.0. The van der Waals surface area contributed by atoms with Crippen molar-refractivity contribution in [1.82, 2.24) is 10.6 Å². The molecule has 1 saturated heterocycles. The van der Waals surface area contributed by atoms with Crippen LogP contribution in [0, 0.1) is 5.92 Å². The lowest BCUT2D eigenvalue weighted by Gasteiger charge is -2.30. The van der Waals surface area contributed by atoms with Crippen molar-refractivity contribution in [3.05, 3.63) is 16.3 Å². The number of hydrogen-bond donors (Lipinski definition) is 2. The summed E-state index contributed by atoms with van der Waals surface area (Å²) >= 11 is 1.42. The molecule has 102 valence electrons. The number of thiophene rings is 1. The average molecular weight is 291 g/mol. The molecule has 2 N–H and O–H groups in total. The Bertz CT molecular complexity index is 397. The van der Waals surface area contributed by atoms with Crippen LogP contribution in [0.15, 0.2) is 11.4 Å². The Labute approximate surface area is 118 Å². The van der Waals surface area contributed by atoms with Crippen LogP contribution in [-0.2, 0) is 0 Å². The summed E-state index contributed by atoms with van der Waals surface area (Å²) < 4.78 is 5.08. The van der Waals surface area contributed by atoms with Crippen LogP contribution in [0.1, 0.15) is 23.0 Å². The van der Waals surface area contributed by atoms with Crippen LogP contribution < -0.4 is 15.4 Å². The number of hydrogen-bond acceptors (Lipinski definition) is 4. The Hall–Kier alpha value is -0.780. The summed E-state index contributed by atoms with van der Waals surface area (Å²) in [5.74, 6) is 1.24. The Morgan fingerprint density at radius 1 is 1.61 bits per heavy atom. The van der Waals surface area contributed by atoms with Crippen molar-refractivity contribution in [2.24, 2.45) is 5.92 Å². The average Bonchev–Trinajstić information content (AvgIpc) is 2.81. The van der Waals surface area contributed by atoms with E-state index in [1.807, 2.05) is 5.38 Å². The van der Waals surface area contributed by atoms with E-state index >= 15 is 0 Å². The summed E-state index contributed by atoms with van der Waals surface area (Å²) in [6.45, 7) is 4.11. The van der Waals surface area contributed by atoms with Crippen molar-refractivity contribution >= 4 is 29.7 Å². The van der Waals surface area contributed by atoms with Crippen LogP contribution in [0.5, 0.6) is 5.75 Å². The van der Waals surface area contributed by atoms with E-state index in [4.69, 9.17) is 4.74 Å². The van der Waals surface area contributed by atoms with Gasteiger partial charge < -0.3 is 15.4 Å². The topological polar surface area (TPSA) is 50.4 Å². The first-order valence-corrected chi connectivity index (χ1v) is 6.72. The van der Waals surface area contributed by atoms with Gasteiger partial charge in [0.1, 0.15) is 5.75 Å². The third kappa shape index (κ3) is 3.60. The van der Waals surface area contributed by atoms with Gasteiger partial charge in [0.2, 0.25) is 0 Å². The first-order valence-electron chi connectivity index (χ1n) is 5.85. The molecule has 0 aliphatic carbocycles. The Balaban J connectivity index is 0.00000162. The molecule has 1 amide bonds. The van der Waals surface area contributed by atoms with Crippen molar-refractivity contribution < 1.29 is 9.53 Å². The van der Waals surface area contributed by atoms with E-state index in [9.17, 15) is 4.79 Å². The fourth-order valence-electron chi connectivity index (χ4n) is 2.01. The molecule has 0 radical (unpaired) electrons. The highest BCUT2D eigenvalue weighted by atomic mass is 35.5. The minimum atomic E-state index is 0.